The number of hydrogen-bond donors (Lipinski definition) is 1. The average molecular weight is 222 g/mol. The van der Waals surface area contributed by atoms with Crippen LogP contribution in [0.1, 0.15) is 38.3 Å². The van der Waals surface area contributed by atoms with E-state index in [1.807, 2.05) is 6.07 Å². The van der Waals surface area contributed by atoms with Crippen molar-refractivity contribution in [2.24, 2.45) is 0 Å². The summed E-state index contributed by atoms with van der Waals surface area (Å²) in [5.74, 6) is 0.918. The Labute approximate surface area is 98.3 Å². The monoisotopic (exact) mass is 222 g/mol. The summed E-state index contributed by atoms with van der Waals surface area (Å²) in [6.07, 6.45) is 0.681. The molecule has 0 aliphatic heterocycles. The quantitative estimate of drug-likeness (QED) is 0.793. The molecule has 0 fully saturated rings. The molecule has 0 bridgehead atoms. The molecule has 90 valence electrons. The Bertz CT molecular complexity index is 337. The average Bonchev–Trinajstić information content (AvgIpc) is 2.19. The van der Waals surface area contributed by atoms with Crippen molar-refractivity contribution in [3.05, 3.63) is 29.3 Å². The first kappa shape index (κ1) is 13.0. The van der Waals surface area contributed by atoms with Crippen LogP contribution in [0.4, 0.5) is 0 Å². The largest absolute Gasteiger partial charge is 0.493 e. The van der Waals surface area contributed by atoms with Gasteiger partial charge in [0.05, 0.1) is 6.61 Å². The van der Waals surface area contributed by atoms with Crippen molar-refractivity contribution in [1.82, 2.24) is 0 Å². The second-order valence-electron chi connectivity index (χ2n) is 5.16. The summed E-state index contributed by atoms with van der Waals surface area (Å²) in [7, 11) is 0. The minimum Gasteiger partial charge on any atom is -0.493 e. The Morgan fingerprint density at radius 3 is 2.44 bits per heavy atom. The van der Waals surface area contributed by atoms with Crippen LogP contribution in [-0.4, -0.2) is 18.3 Å². The third-order valence-corrected chi connectivity index (χ3v) is 2.60. The summed E-state index contributed by atoms with van der Waals surface area (Å²) in [4.78, 5) is 0. The van der Waals surface area contributed by atoms with Gasteiger partial charge in [0.25, 0.3) is 0 Å². The van der Waals surface area contributed by atoms with Gasteiger partial charge in [-0.2, -0.15) is 0 Å². The lowest BCUT2D eigenvalue weighted by molar-refractivity contribution is 0.233. The summed E-state index contributed by atoms with van der Waals surface area (Å²) in [5, 5.41) is 8.68. The zero-order valence-electron chi connectivity index (χ0n) is 10.7. The molecule has 0 saturated carbocycles. The highest BCUT2D eigenvalue weighted by Crippen LogP contribution is 2.27. The van der Waals surface area contributed by atoms with Gasteiger partial charge in [-0.3, -0.25) is 0 Å². The van der Waals surface area contributed by atoms with Gasteiger partial charge < -0.3 is 9.84 Å². The molecule has 16 heavy (non-hydrogen) atoms. The van der Waals surface area contributed by atoms with Crippen molar-refractivity contribution < 1.29 is 9.84 Å². The number of aliphatic hydroxyl groups excluding tert-OH is 1. The van der Waals surface area contributed by atoms with E-state index in [2.05, 4.69) is 39.8 Å². The molecule has 0 amide bonds. The molecule has 2 heteroatoms. The summed E-state index contributed by atoms with van der Waals surface area (Å²) in [5.41, 5.74) is 2.65. The van der Waals surface area contributed by atoms with E-state index in [-0.39, 0.29) is 12.0 Å². The second-order valence-corrected chi connectivity index (χ2v) is 5.16. The number of ether oxygens (including phenoxy) is 1. The molecule has 1 aromatic carbocycles. The molecule has 2 nitrogen and oxygen atoms in total. The molecule has 0 spiro atoms. The van der Waals surface area contributed by atoms with E-state index in [0.29, 0.717) is 13.0 Å². The van der Waals surface area contributed by atoms with Gasteiger partial charge >= 0.3 is 0 Å². The number of aryl methyl sites for hydroxylation is 1. The Hall–Kier alpha value is -1.02. The maximum atomic E-state index is 8.68. The second kappa shape index (κ2) is 5.35. The van der Waals surface area contributed by atoms with Crippen molar-refractivity contribution in [2.75, 3.05) is 13.2 Å². The normalized spacial score (nSPS) is 11.6. The van der Waals surface area contributed by atoms with Gasteiger partial charge in [0.1, 0.15) is 5.75 Å². The first-order chi connectivity index (χ1) is 7.45. The summed E-state index contributed by atoms with van der Waals surface area (Å²) < 4.78 is 5.58. The molecule has 0 aromatic heterocycles. The summed E-state index contributed by atoms with van der Waals surface area (Å²) >= 11 is 0. The fraction of sp³-hybridized carbons (Fsp3) is 0.571. The highest BCUT2D eigenvalue weighted by Gasteiger charge is 2.14. The lowest BCUT2D eigenvalue weighted by Gasteiger charge is -2.20. The Morgan fingerprint density at radius 1 is 1.25 bits per heavy atom. The topological polar surface area (TPSA) is 29.5 Å². The van der Waals surface area contributed by atoms with Crippen molar-refractivity contribution in [1.29, 1.82) is 0 Å². The molecular weight excluding hydrogens is 200 g/mol. The molecule has 1 N–H and O–H groups in total. The molecule has 0 aliphatic carbocycles. The number of hydrogen-bond acceptors (Lipinski definition) is 2. The van der Waals surface area contributed by atoms with Crippen LogP contribution < -0.4 is 4.74 Å². The standard InChI is InChI=1S/C14H22O2/c1-11-10-12(14(2,3)4)6-7-13(11)16-9-5-8-15/h6-7,10,15H,5,8-9H2,1-4H3. The van der Waals surface area contributed by atoms with E-state index in [0.717, 1.165) is 11.3 Å². The van der Waals surface area contributed by atoms with Gasteiger partial charge in [-0.25, -0.2) is 0 Å². The SMILES string of the molecule is Cc1cc(C(C)(C)C)ccc1OCCCO. The minimum atomic E-state index is 0.175. The number of benzene rings is 1. The third-order valence-electron chi connectivity index (χ3n) is 2.60. The third kappa shape index (κ3) is 3.53. The predicted octanol–water partition coefficient (Wildman–Crippen LogP) is 3.05. The van der Waals surface area contributed by atoms with Crippen LogP contribution in [0.15, 0.2) is 18.2 Å². The van der Waals surface area contributed by atoms with Gasteiger partial charge in [0, 0.05) is 13.0 Å². The van der Waals surface area contributed by atoms with Crippen LogP contribution in [0.5, 0.6) is 5.75 Å². The molecule has 0 radical (unpaired) electrons. The van der Waals surface area contributed by atoms with Gasteiger partial charge in [0.15, 0.2) is 0 Å². The maximum absolute atomic E-state index is 8.68. The smallest absolute Gasteiger partial charge is 0.122 e. The summed E-state index contributed by atoms with van der Waals surface area (Å²) in [6, 6.07) is 6.31. The maximum Gasteiger partial charge on any atom is 0.122 e. The Morgan fingerprint density at radius 2 is 1.94 bits per heavy atom. The van der Waals surface area contributed by atoms with Gasteiger partial charge in [-0.1, -0.05) is 32.9 Å². The van der Waals surface area contributed by atoms with Crippen molar-refractivity contribution in [3.8, 4) is 5.75 Å². The molecule has 0 heterocycles. The molecule has 0 unspecified atom stereocenters. The van der Waals surface area contributed by atoms with E-state index in [9.17, 15) is 0 Å². The molecule has 1 aromatic rings. The van der Waals surface area contributed by atoms with Gasteiger partial charge in [-0.15, -0.1) is 0 Å². The van der Waals surface area contributed by atoms with Crippen LogP contribution in [0.25, 0.3) is 0 Å². The molecule has 0 atom stereocenters. The van der Waals surface area contributed by atoms with Gasteiger partial charge in [-0.05, 0) is 29.5 Å². The van der Waals surface area contributed by atoms with Crippen LogP contribution in [0, 0.1) is 6.92 Å². The van der Waals surface area contributed by atoms with Crippen molar-refractivity contribution in [2.45, 2.75) is 39.5 Å². The van der Waals surface area contributed by atoms with Crippen molar-refractivity contribution in [3.63, 3.8) is 0 Å². The Balaban J connectivity index is 2.76. The highest BCUT2D eigenvalue weighted by atomic mass is 16.5. The van der Waals surface area contributed by atoms with Gasteiger partial charge in [0.2, 0.25) is 0 Å². The number of rotatable bonds is 4. The molecule has 1 rings (SSSR count). The van der Waals surface area contributed by atoms with Crippen molar-refractivity contribution >= 4 is 0 Å². The van der Waals surface area contributed by atoms with E-state index in [4.69, 9.17) is 9.84 Å². The number of aliphatic hydroxyl groups is 1. The lowest BCUT2D eigenvalue weighted by atomic mass is 9.86. The predicted molar refractivity (Wildman–Crippen MR) is 67.1 cm³/mol. The summed E-state index contributed by atoms with van der Waals surface area (Å²) in [6.45, 7) is 9.42. The van der Waals surface area contributed by atoms with Crippen LogP contribution in [0.2, 0.25) is 0 Å². The first-order valence-corrected chi connectivity index (χ1v) is 5.80. The molecular formula is C14H22O2. The zero-order chi connectivity index (χ0) is 12.2. The van der Waals surface area contributed by atoms with Crippen LogP contribution >= 0.6 is 0 Å². The lowest BCUT2D eigenvalue weighted by Crippen LogP contribution is -2.11. The van der Waals surface area contributed by atoms with E-state index < -0.39 is 0 Å². The fourth-order valence-electron chi connectivity index (χ4n) is 1.52. The zero-order valence-corrected chi connectivity index (χ0v) is 10.7. The van der Waals surface area contributed by atoms with Crippen LogP contribution in [-0.2, 0) is 5.41 Å². The fourth-order valence-corrected chi connectivity index (χ4v) is 1.52. The highest BCUT2D eigenvalue weighted by molar-refractivity contribution is 5.38. The molecule has 0 saturated heterocycles. The van der Waals surface area contributed by atoms with E-state index in [1.165, 1.54) is 5.56 Å². The van der Waals surface area contributed by atoms with Crippen LogP contribution in [0.3, 0.4) is 0 Å². The van der Waals surface area contributed by atoms with E-state index in [1.54, 1.807) is 0 Å². The van der Waals surface area contributed by atoms with E-state index >= 15 is 0 Å². The Kier molecular flexibility index (Phi) is 4.36. The molecule has 0 aliphatic rings. The first-order valence-electron chi connectivity index (χ1n) is 5.80. The minimum absolute atomic E-state index is 0.175.